The molecular weight excluding hydrogens is 410 g/mol. The van der Waals surface area contributed by atoms with Gasteiger partial charge in [-0.3, -0.25) is 4.90 Å². The van der Waals surface area contributed by atoms with Crippen molar-refractivity contribution in [1.82, 2.24) is 0 Å². The lowest BCUT2D eigenvalue weighted by Crippen LogP contribution is -2.48. The van der Waals surface area contributed by atoms with Gasteiger partial charge in [0.2, 0.25) is 11.8 Å². The summed E-state index contributed by atoms with van der Waals surface area (Å²) in [6, 6.07) is 4.37. The number of anilines is 1. The van der Waals surface area contributed by atoms with Gasteiger partial charge in [-0.15, -0.1) is 0 Å². The number of guanidine groups is 1. The van der Waals surface area contributed by atoms with E-state index in [1.54, 1.807) is 0 Å². The predicted molar refractivity (Wildman–Crippen MR) is 85.3 cm³/mol. The Kier molecular flexibility index (Phi) is 5.15. The minimum atomic E-state index is -5.97. The molecule has 1 atom stereocenters. The quantitative estimate of drug-likeness (QED) is 0.575. The van der Waals surface area contributed by atoms with Crippen LogP contribution in [0.3, 0.4) is 0 Å². The number of hydrogen-bond donors (Lipinski definition) is 2. The first-order chi connectivity index (χ1) is 11.4. The highest BCUT2D eigenvalue weighted by Crippen LogP contribution is 2.36. The second kappa shape index (κ2) is 6.56. The Labute approximate surface area is 150 Å². The summed E-state index contributed by atoms with van der Waals surface area (Å²) in [6.45, 7) is 1.12. The molecule has 13 heteroatoms. The monoisotopic (exact) mass is 419 g/mol. The van der Waals surface area contributed by atoms with E-state index in [-0.39, 0.29) is 21.3 Å². The maximum absolute atomic E-state index is 12.4. The molecule has 0 saturated carbocycles. The van der Waals surface area contributed by atoms with Gasteiger partial charge in [-0.2, -0.15) is 26.6 Å². The number of aliphatic hydroxyl groups excluding tert-OH is 1. The van der Waals surface area contributed by atoms with E-state index >= 15 is 0 Å². The zero-order valence-electron chi connectivity index (χ0n) is 12.3. The van der Waals surface area contributed by atoms with Crippen LogP contribution in [0.1, 0.15) is 6.92 Å². The number of alkyl halides is 3. The third-order valence-corrected chi connectivity index (χ3v) is 4.85. The van der Waals surface area contributed by atoms with E-state index in [1.807, 2.05) is 0 Å². The van der Waals surface area contributed by atoms with Crippen LogP contribution in [0.15, 0.2) is 34.6 Å². The van der Waals surface area contributed by atoms with Gasteiger partial charge in [-0.1, -0.05) is 29.3 Å². The second-order valence-electron chi connectivity index (χ2n) is 4.76. The molecule has 7 nitrogen and oxygen atoms in total. The van der Waals surface area contributed by atoms with E-state index in [2.05, 4.69) is 9.18 Å². The Morgan fingerprint density at radius 3 is 2.52 bits per heavy atom. The van der Waals surface area contributed by atoms with Crippen molar-refractivity contribution >= 4 is 45.0 Å². The molecule has 1 aliphatic rings. The van der Waals surface area contributed by atoms with Crippen LogP contribution in [0.25, 0.3) is 0 Å². The molecule has 0 spiro atoms. The Balaban J connectivity index is 2.45. The molecule has 0 saturated heterocycles. The number of hydrogen-bond acceptors (Lipinski definition) is 7. The average molecular weight is 420 g/mol. The van der Waals surface area contributed by atoms with Crippen molar-refractivity contribution in [3.63, 3.8) is 0 Å². The molecule has 1 heterocycles. The molecule has 1 aliphatic heterocycles. The largest absolute Gasteiger partial charge is 0.534 e. The summed E-state index contributed by atoms with van der Waals surface area (Å²) in [4.78, 5) is 4.43. The van der Waals surface area contributed by atoms with Crippen molar-refractivity contribution in [1.29, 1.82) is 0 Å². The molecule has 2 rings (SSSR count). The number of aliphatic imine (C=N–C) groups is 1. The fraction of sp³-hybridized carbons (Fsp3) is 0.250. The number of rotatable bonds is 3. The number of halogens is 5. The fourth-order valence-corrected chi connectivity index (χ4v) is 2.70. The van der Waals surface area contributed by atoms with Crippen LogP contribution >= 0.6 is 23.2 Å². The molecule has 0 bridgehead atoms. The highest BCUT2D eigenvalue weighted by Gasteiger charge is 2.49. The van der Waals surface area contributed by atoms with Crippen LogP contribution in [0, 0.1) is 0 Å². The maximum atomic E-state index is 12.4. The van der Waals surface area contributed by atoms with Crippen LogP contribution in [0.5, 0.6) is 0 Å². The van der Waals surface area contributed by atoms with Crippen molar-refractivity contribution in [2.75, 3.05) is 4.90 Å². The molecule has 1 unspecified atom stereocenters. The minimum absolute atomic E-state index is 0.00134. The van der Waals surface area contributed by atoms with Crippen molar-refractivity contribution < 1.29 is 30.9 Å². The standard InChI is InChI=1S/C12H10Cl2F3N3O4S/c1-5-9(24-25(22,23)12(15,16)17)19-11(18)20(10(5)21)7-4-2-3-6(13)8(7)14/h2-4,10,21H,1H3,(H2,18,19). The summed E-state index contributed by atoms with van der Waals surface area (Å²) in [7, 11) is -5.97. The lowest BCUT2D eigenvalue weighted by atomic mass is 10.2. The first kappa shape index (κ1) is 19.6. The molecule has 0 fully saturated rings. The smallest absolute Gasteiger partial charge is 0.369 e. The Morgan fingerprint density at radius 2 is 1.96 bits per heavy atom. The maximum Gasteiger partial charge on any atom is 0.534 e. The summed E-state index contributed by atoms with van der Waals surface area (Å²) in [6.07, 6.45) is -1.69. The first-order valence-corrected chi connectivity index (χ1v) is 8.50. The van der Waals surface area contributed by atoms with Crippen molar-refractivity contribution in [3.8, 4) is 0 Å². The number of benzene rings is 1. The van der Waals surface area contributed by atoms with Gasteiger partial charge in [0.1, 0.15) is 0 Å². The normalized spacial score (nSPS) is 19.1. The molecule has 25 heavy (non-hydrogen) atoms. The molecule has 138 valence electrons. The SMILES string of the molecule is CC1=C(OS(=O)(=O)C(F)(F)F)N=C(N)N(c2cccc(Cl)c2Cl)C1O. The molecule has 1 aromatic carbocycles. The van der Waals surface area contributed by atoms with E-state index in [4.69, 9.17) is 28.9 Å². The lowest BCUT2D eigenvalue weighted by molar-refractivity contribution is -0.0524. The van der Waals surface area contributed by atoms with Gasteiger partial charge in [0.25, 0.3) is 0 Å². The highest BCUT2D eigenvalue weighted by molar-refractivity contribution is 7.87. The zero-order chi connectivity index (χ0) is 19.2. The second-order valence-corrected chi connectivity index (χ2v) is 7.08. The summed E-state index contributed by atoms with van der Waals surface area (Å²) in [5.74, 6) is -1.54. The van der Waals surface area contributed by atoms with Crippen LogP contribution in [0.4, 0.5) is 18.9 Å². The topological polar surface area (TPSA) is 105 Å². The molecule has 3 N–H and O–H groups in total. The third kappa shape index (κ3) is 3.64. The van der Waals surface area contributed by atoms with E-state index in [0.29, 0.717) is 0 Å². The summed E-state index contributed by atoms with van der Waals surface area (Å²) in [5, 5.41) is 10.4. The minimum Gasteiger partial charge on any atom is -0.369 e. The molecule has 0 aromatic heterocycles. The van der Waals surface area contributed by atoms with Crippen LogP contribution < -0.4 is 10.6 Å². The van der Waals surface area contributed by atoms with Crippen LogP contribution in [-0.2, 0) is 14.3 Å². The van der Waals surface area contributed by atoms with Crippen LogP contribution in [0.2, 0.25) is 10.0 Å². The van der Waals surface area contributed by atoms with Crippen molar-refractivity contribution in [2.24, 2.45) is 10.7 Å². The fourth-order valence-electron chi connectivity index (χ4n) is 1.84. The predicted octanol–water partition coefficient (Wildman–Crippen LogP) is 2.54. The van der Waals surface area contributed by atoms with Gasteiger partial charge in [-0.25, -0.2) is 0 Å². The van der Waals surface area contributed by atoms with Gasteiger partial charge in [0.15, 0.2) is 6.23 Å². The summed E-state index contributed by atoms with van der Waals surface area (Å²) < 4.78 is 63.4. The molecular formula is C12H10Cl2F3N3O4S. The number of nitrogens with zero attached hydrogens (tertiary/aromatic N) is 2. The van der Waals surface area contributed by atoms with Gasteiger partial charge < -0.3 is 15.0 Å². The summed E-state index contributed by atoms with van der Waals surface area (Å²) in [5.41, 5.74) is -0.263. The summed E-state index contributed by atoms with van der Waals surface area (Å²) >= 11 is 11.9. The Morgan fingerprint density at radius 1 is 1.36 bits per heavy atom. The van der Waals surface area contributed by atoms with Crippen molar-refractivity contribution in [3.05, 3.63) is 39.7 Å². The molecule has 0 radical (unpaired) electrons. The lowest BCUT2D eigenvalue weighted by Gasteiger charge is -2.33. The van der Waals surface area contributed by atoms with E-state index < -0.39 is 33.7 Å². The highest BCUT2D eigenvalue weighted by atomic mass is 35.5. The third-order valence-electron chi connectivity index (χ3n) is 3.09. The number of aliphatic hydroxyl groups is 1. The van der Waals surface area contributed by atoms with Crippen molar-refractivity contribution in [2.45, 2.75) is 18.7 Å². The molecule has 0 aliphatic carbocycles. The van der Waals surface area contributed by atoms with E-state index in [0.717, 1.165) is 11.8 Å². The molecule has 0 amide bonds. The first-order valence-electron chi connectivity index (χ1n) is 6.34. The van der Waals surface area contributed by atoms with E-state index in [9.17, 15) is 26.7 Å². The van der Waals surface area contributed by atoms with Crippen LogP contribution in [-0.4, -0.2) is 31.2 Å². The van der Waals surface area contributed by atoms with E-state index in [1.165, 1.54) is 18.2 Å². The van der Waals surface area contributed by atoms with Gasteiger partial charge in [-0.05, 0) is 19.1 Å². The van der Waals surface area contributed by atoms with Gasteiger partial charge >= 0.3 is 15.6 Å². The average Bonchev–Trinajstić information content (AvgIpc) is 2.47. The molecule has 1 aromatic rings. The van der Waals surface area contributed by atoms with Gasteiger partial charge in [0.05, 0.1) is 15.7 Å². The zero-order valence-corrected chi connectivity index (χ0v) is 14.6. The number of nitrogens with two attached hydrogens (primary N) is 1. The van der Waals surface area contributed by atoms with Gasteiger partial charge in [0, 0.05) is 5.57 Å². The Bertz CT molecular complexity index is 871. The Hall–Kier alpha value is -1.69.